The Hall–Kier alpha value is -1.90. The van der Waals surface area contributed by atoms with Gasteiger partial charge in [-0.25, -0.2) is 0 Å². The van der Waals surface area contributed by atoms with Crippen molar-refractivity contribution in [1.29, 1.82) is 5.26 Å². The van der Waals surface area contributed by atoms with Crippen LogP contribution in [0.1, 0.15) is 12.0 Å². The zero-order valence-corrected chi connectivity index (χ0v) is 9.97. The van der Waals surface area contributed by atoms with Crippen LogP contribution in [-0.4, -0.2) is 41.7 Å². The van der Waals surface area contributed by atoms with E-state index < -0.39 is 0 Å². The number of carbonyl (C=O) groups is 1. The fraction of sp³-hybridized carbons (Fsp3) is 0.385. The fourth-order valence-corrected chi connectivity index (χ4v) is 1.84. The average Bonchev–Trinajstić information content (AvgIpc) is 2.34. The molecule has 94 valence electrons. The van der Waals surface area contributed by atoms with Crippen molar-refractivity contribution in [3.05, 3.63) is 29.8 Å². The highest BCUT2D eigenvalue weighted by molar-refractivity contribution is 5.90. The molecule has 0 bridgehead atoms. The summed E-state index contributed by atoms with van der Waals surface area (Å²) in [5.74, 6) is -0.0545. The lowest BCUT2D eigenvalue weighted by Gasteiger charge is -2.35. The number of hydrogen-bond acceptors (Lipinski definition) is 4. The molecule has 0 aliphatic carbocycles. The molecule has 1 aromatic carbocycles. The number of nitrogens with one attached hydrogen (secondary N) is 1. The Morgan fingerprint density at radius 1 is 1.44 bits per heavy atom. The third-order valence-electron chi connectivity index (χ3n) is 2.89. The highest BCUT2D eigenvalue weighted by Crippen LogP contribution is 2.10. The van der Waals surface area contributed by atoms with Gasteiger partial charge in [0.15, 0.2) is 0 Å². The molecule has 1 amide bonds. The van der Waals surface area contributed by atoms with Gasteiger partial charge >= 0.3 is 0 Å². The fourth-order valence-electron chi connectivity index (χ4n) is 1.84. The smallest absolute Gasteiger partial charge is 0.225 e. The highest BCUT2D eigenvalue weighted by Gasteiger charge is 2.24. The summed E-state index contributed by atoms with van der Waals surface area (Å²) in [5, 5.41) is 20.5. The number of aliphatic hydroxyl groups excluding tert-OH is 1. The Morgan fingerprint density at radius 2 is 2.11 bits per heavy atom. The van der Waals surface area contributed by atoms with Crippen molar-refractivity contribution in [3.8, 4) is 6.07 Å². The van der Waals surface area contributed by atoms with Crippen LogP contribution in [0.3, 0.4) is 0 Å². The molecule has 1 aromatic rings. The molecule has 1 fully saturated rings. The van der Waals surface area contributed by atoms with Gasteiger partial charge in [-0.05, 0) is 24.3 Å². The van der Waals surface area contributed by atoms with Crippen LogP contribution >= 0.6 is 0 Å². The molecule has 0 aromatic heterocycles. The standard InChI is InChI=1S/C13H15N3O2/c14-7-10-1-3-11(4-2-10)15-13(18)5-6-16-8-12(17)9-16/h1-4,12,17H,5-6,8-9H2,(H,15,18). The van der Waals surface area contributed by atoms with Crippen LogP contribution in [-0.2, 0) is 4.79 Å². The SMILES string of the molecule is N#Cc1ccc(NC(=O)CCN2CC(O)C2)cc1. The Balaban J connectivity index is 1.74. The van der Waals surface area contributed by atoms with Crippen molar-refractivity contribution >= 4 is 11.6 Å². The monoisotopic (exact) mass is 245 g/mol. The summed E-state index contributed by atoms with van der Waals surface area (Å²) in [4.78, 5) is 13.7. The molecule has 0 atom stereocenters. The summed E-state index contributed by atoms with van der Waals surface area (Å²) in [6.45, 7) is 1.98. The van der Waals surface area contributed by atoms with Gasteiger partial charge in [0, 0.05) is 31.7 Å². The third kappa shape index (κ3) is 3.29. The van der Waals surface area contributed by atoms with Crippen LogP contribution in [0, 0.1) is 11.3 Å². The third-order valence-corrected chi connectivity index (χ3v) is 2.89. The topological polar surface area (TPSA) is 76.4 Å². The van der Waals surface area contributed by atoms with Gasteiger partial charge in [-0.15, -0.1) is 0 Å². The molecule has 0 spiro atoms. The van der Waals surface area contributed by atoms with Crippen molar-refractivity contribution < 1.29 is 9.90 Å². The number of hydrogen-bond donors (Lipinski definition) is 2. The highest BCUT2D eigenvalue weighted by atomic mass is 16.3. The zero-order chi connectivity index (χ0) is 13.0. The largest absolute Gasteiger partial charge is 0.390 e. The number of nitrogens with zero attached hydrogens (tertiary/aromatic N) is 2. The van der Waals surface area contributed by atoms with Gasteiger partial charge < -0.3 is 10.4 Å². The second-order valence-corrected chi connectivity index (χ2v) is 4.40. The van der Waals surface area contributed by atoms with Gasteiger partial charge in [0.25, 0.3) is 0 Å². The Morgan fingerprint density at radius 3 is 2.67 bits per heavy atom. The van der Waals surface area contributed by atoms with Gasteiger partial charge in [0.1, 0.15) is 0 Å². The molecule has 0 saturated carbocycles. The molecule has 1 aliphatic heterocycles. The molecule has 18 heavy (non-hydrogen) atoms. The van der Waals surface area contributed by atoms with Crippen molar-refractivity contribution in [2.45, 2.75) is 12.5 Å². The van der Waals surface area contributed by atoms with Crippen molar-refractivity contribution in [2.75, 3.05) is 25.0 Å². The van der Waals surface area contributed by atoms with E-state index in [1.807, 2.05) is 11.0 Å². The van der Waals surface area contributed by atoms with E-state index in [1.165, 1.54) is 0 Å². The molecule has 1 heterocycles. The van der Waals surface area contributed by atoms with E-state index in [1.54, 1.807) is 24.3 Å². The van der Waals surface area contributed by atoms with Crippen LogP contribution in [0.5, 0.6) is 0 Å². The molecule has 2 N–H and O–H groups in total. The maximum Gasteiger partial charge on any atom is 0.225 e. The van der Waals surface area contributed by atoms with Crippen LogP contribution in [0.25, 0.3) is 0 Å². The second kappa shape index (κ2) is 5.63. The number of anilines is 1. The number of aliphatic hydroxyl groups is 1. The van der Waals surface area contributed by atoms with Crippen molar-refractivity contribution in [1.82, 2.24) is 4.90 Å². The molecule has 5 nitrogen and oxygen atoms in total. The first-order chi connectivity index (χ1) is 8.67. The quantitative estimate of drug-likeness (QED) is 0.812. The summed E-state index contributed by atoms with van der Waals surface area (Å²) in [6, 6.07) is 8.78. The predicted octanol–water partition coefficient (Wildman–Crippen LogP) is 0.563. The van der Waals surface area contributed by atoms with Gasteiger partial charge in [-0.3, -0.25) is 9.69 Å². The van der Waals surface area contributed by atoms with Gasteiger partial charge in [0.05, 0.1) is 17.7 Å². The molecular formula is C13H15N3O2. The van der Waals surface area contributed by atoms with Crippen LogP contribution in [0.15, 0.2) is 24.3 Å². The van der Waals surface area contributed by atoms with Crippen LogP contribution < -0.4 is 5.32 Å². The molecule has 1 saturated heterocycles. The van der Waals surface area contributed by atoms with E-state index in [9.17, 15) is 4.79 Å². The zero-order valence-electron chi connectivity index (χ0n) is 9.97. The number of amides is 1. The molecule has 5 heteroatoms. The van der Waals surface area contributed by atoms with E-state index in [2.05, 4.69) is 5.32 Å². The first-order valence-corrected chi connectivity index (χ1v) is 5.88. The molecule has 0 radical (unpaired) electrons. The van der Waals surface area contributed by atoms with E-state index in [-0.39, 0.29) is 12.0 Å². The molecular weight excluding hydrogens is 230 g/mol. The van der Waals surface area contributed by atoms with Crippen molar-refractivity contribution in [2.24, 2.45) is 0 Å². The summed E-state index contributed by atoms with van der Waals surface area (Å²) in [7, 11) is 0. The van der Waals surface area contributed by atoms with Gasteiger partial charge in [-0.2, -0.15) is 5.26 Å². The summed E-state index contributed by atoms with van der Waals surface area (Å²) < 4.78 is 0. The van der Waals surface area contributed by atoms with Crippen LogP contribution in [0.2, 0.25) is 0 Å². The summed E-state index contributed by atoms with van der Waals surface area (Å²) in [6.07, 6.45) is 0.179. The van der Waals surface area contributed by atoms with E-state index >= 15 is 0 Å². The lowest BCUT2D eigenvalue weighted by atomic mass is 10.1. The van der Waals surface area contributed by atoms with E-state index in [0.717, 1.165) is 0 Å². The lowest BCUT2D eigenvalue weighted by molar-refractivity contribution is -0.117. The molecule has 0 unspecified atom stereocenters. The molecule has 2 rings (SSSR count). The Bertz CT molecular complexity index is 458. The number of rotatable bonds is 4. The minimum Gasteiger partial charge on any atom is -0.390 e. The predicted molar refractivity (Wildman–Crippen MR) is 66.9 cm³/mol. The number of likely N-dealkylation sites (tertiary alicyclic amines) is 1. The second-order valence-electron chi connectivity index (χ2n) is 4.40. The van der Waals surface area contributed by atoms with Gasteiger partial charge in [0.2, 0.25) is 5.91 Å². The Labute approximate surface area is 106 Å². The molecule has 1 aliphatic rings. The summed E-state index contributed by atoms with van der Waals surface area (Å²) >= 11 is 0. The normalized spacial score (nSPS) is 15.8. The number of β-amino-alcohol motifs (C(OH)–C–C–N with tert-alkyl or cyclic N) is 1. The van der Waals surface area contributed by atoms with Gasteiger partial charge in [-0.1, -0.05) is 0 Å². The minimum absolute atomic E-state index is 0.0545. The van der Waals surface area contributed by atoms with Crippen molar-refractivity contribution in [3.63, 3.8) is 0 Å². The maximum absolute atomic E-state index is 11.6. The first kappa shape index (κ1) is 12.6. The number of benzene rings is 1. The first-order valence-electron chi connectivity index (χ1n) is 5.88. The average molecular weight is 245 g/mol. The van der Waals surface area contributed by atoms with Crippen LogP contribution in [0.4, 0.5) is 5.69 Å². The van der Waals surface area contributed by atoms with E-state index in [4.69, 9.17) is 10.4 Å². The van der Waals surface area contributed by atoms with E-state index in [0.29, 0.717) is 37.3 Å². The maximum atomic E-state index is 11.6. The number of nitriles is 1. The summed E-state index contributed by atoms with van der Waals surface area (Å²) in [5.41, 5.74) is 1.27. The lowest BCUT2D eigenvalue weighted by Crippen LogP contribution is -2.51. The number of carbonyl (C=O) groups excluding carboxylic acids is 1. The minimum atomic E-state index is -0.230. The Kier molecular flexibility index (Phi) is 3.92.